The Bertz CT molecular complexity index is 593. The predicted octanol–water partition coefficient (Wildman–Crippen LogP) is 1.63. The van der Waals surface area contributed by atoms with E-state index in [1.807, 2.05) is 11.8 Å². The summed E-state index contributed by atoms with van der Waals surface area (Å²) in [5, 5.41) is 0. The van der Waals surface area contributed by atoms with E-state index in [4.69, 9.17) is 14.2 Å². The Balaban J connectivity index is 0.000000135. The zero-order valence-corrected chi connectivity index (χ0v) is 17.4. The zero-order valence-electron chi connectivity index (χ0n) is 17.4. The number of nitrogens with zero attached hydrogens (tertiary/aromatic N) is 2. The maximum absolute atomic E-state index is 11.5. The Labute approximate surface area is 172 Å². The third-order valence-corrected chi connectivity index (χ3v) is 6.44. The molecule has 0 aromatic carbocycles. The molecular formula is C21H32N2O6. The normalized spacial score (nSPS) is 38.1. The van der Waals surface area contributed by atoms with Gasteiger partial charge in [-0.05, 0) is 52.4 Å². The quantitative estimate of drug-likeness (QED) is 0.295. The molecule has 4 atom stereocenters. The molecule has 5 rings (SSSR count). The molecule has 5 heterocycles. The highest BCUT2D eigenvalue weighted by Gasteiger charge is 2.57. The largest absolute Gasteiger partial charge is 0.445 e. The molecule has 0 N–H and O–H groups in total. The third kappa shape index (κ3) is 3.85. The number of rotatable bonds is 2. The summed E-state index contributed by atoms with van der Waals surface area (Å²) in [6, 6.07) is 0. The Morgan fingerprint density at radius 1 is 0.897 bits per heavy atom. The molecule has 0 unspecified atom stereocenters. The van der Waals surface area contributed by atoms with E-state index >= 15 is 0 Å². The van der Waals surface area contributed by atoms with Gasteiger partial charge in [-0.2, -0.15) is 0 Å². The fraction of sp³-hybridized carbons (Fsp3) is 0.762. The van der Waals surface area contributed by atoms with Gasteiger partial charge in [0.1, 0.15) is 5.54 Å². The number of carbonyl (C=O) groups is 3. The summed E-state index contributed by atoms with van der Waals surface area (Å²) in [5.41, 5.74) is -1.42. The average molecular weight is 408 g/mol. The molecular weight excluding hydrogens is 376 g/mol. The smallest absolute Gasteiger partial charge is 0.335 e. The maximum Gasteiger partial charge on any atom is 0.335 e. The van der Waals surface area contributed by atoms with Crippen molar-refractivity contribution < 1.29 is 28.6 Å². The van der Waals surface area contributed by atoms with Crippen LogP contribution in [0.25, 0.3) is 0 Å². The molecule has 0 aromatic rings. The highest BCUT2D eigenvalue weighted by molar-refractivity contribution is 6.00. The molecule has 0 bridgehead atoms. The Morgan fingerprint density at radius 2 is 1.38 bits per heavy atom. The van der Waals surface area contributed by atoms with Crippen molar-refractivity contribution in [3.05, 3.63) is 12.7 Å². The predicted molar refractivity (Wildman–Crippen MR) is 105 cm³/mol. The van der Waals surface area contributed by atoms with Crippen molar-refractivity contribution in [3.63, 3.8) is 0 Å². The number of fused-ring (bicyclic) bond motifs is 2. The third-order valence-electron chi connectivity index (χ3n) is 6.44. The van der Waals surface area contributed by atoms with Crippen LogP contribution in [0.4, 0.5) is 0 Å². The van der Waals surface area contributed by atoms with Gasteiger partial charge in [0.25, 0.3) is 0 Å². The van der Waals surface area contributed by atoms with Gasteiger partial charge < -0.3 is 19.0 Å². The van der Waals surface area contributed by atoms with E-state index in [0.29, 0.717) is 6.42 Å². The molecule has 5 aliphatic heterocycles. The molecule has 0 aromatic heterocycles. The van der Waals surface area contributed by atoms with Gasteiger partial charge in [-0.1, -0.05) is 6.08 Å². The summed E-state index contributed by atoms with van der Waals surface area (Å²) < 4.78 is 15.1. The lowest BCUT2D eigenvalue weighted by molar-refractivity contribution is -0.146. The summed E-state index contributed by atoms with van der Waals surface area (Å²) in [6.07, 6.45) is 8.14. The van der Waals surface area contributed by atoms with E-state index in [0.717, 1.165) is 51.9 Å². The summed E-state index contributed by atoms with van der Waals surface area (Å²) in [4.78, 5) is 37.6. The Hall–Kier alpha value is -1.77. The van der Waals surface area contributed by atoms with E-state index in [2.05, 4.69) is 11.5 Å². The van der Waals surface area contributed by atoms with Crippen LogP contribution in [-0.2, 0) is 28.6 Å². The van der Waals surface area contributed by atoms with Gasteiger partial charge in [0.05, 0.1) is 0 Å². The zero-order chi connectivity index (χ0) is 21.1. The van der Waals surface area contributed by atoms with E-state index in [1.54, 1.807) is 13.0 Å². The van der Waals surface area contributed by atoms with Crippen LogP contribution in [0.5, 0.6) is 0 Å². The molecule has 0 amide bonds. The molecule has 8 nitrogen and oxygen atoms in total. The van der Waals surface area contributed by atoms with Crippen molar-refractivity contribution in [2.75, 3.05) is 26.3 Å². The standard InChI is InChI=1S/C9H13NO2.C8H11NO3.C4H8O/c1-3-9-5-4-6-10(9)7(2)12-8(9)11;1-6-9-4-2-3-8(9,5-10)7(11)12-6;1-2-4-5-3-1/h3,7H,1,4-6H2,2H3;5-6H,2-4H2,1H3;1-4H2/t7-,9+;6-,8-;/m11./s1. The van der Waals surface area contributed by atoms with E-state index < -0.39 is 11.1 Å². The minimum atomic E-state index is -0.931. The molecule has 5 aliphatic rings. The van der Waals surface area contributed by atoms with Gasteiger partial charge in [0, 0.05) is 26.3 Å². The van der Waals surface area contributed by atoms with Crippen LogP contribution in [-0.4, -0.2) is 77.9 Å². The first-order chi connectivity index (χ1) is 13.9. The molecule has 29 heavy (non-hydrogen) atoms. The number of ether oxygens (including phenoxy) is 3. The van der Waals surface area contributed by atoms with E-state index in [1.165, 1.54) is 12.8 Å². The van der Waals surface area contributed by atoms with Crippen molar-refractivity contribution in [3.8, 4) is 0 Å². The van der Waals surface area contributed by atoms with Gasteiger partial charge in [0.15, 0.2) is 24.3 Å². The van der Waals surface area contributed by atoms with Crippen LogP contribution >= 0.6 is 0 Å². The second-order valence-electron chi connectivity index (χ2n) is 8.09. The summed E-state index contributed by atoms with van der Waals surface area (Å²) in [5.74, 6) is -0.495. The lowest BCUT2D eigenvalue weighted by Gasteiger charge is -2.24. The lowest BCUT2D eigenvalue weighted by Crippen LogP contribution is -2.46. The highest BCUT2D eigenvalue weighted by Crippen LogP contribution is 2.39. The number of aldehydes is 1. The van der Waals surface area contributed by atoms with Gasteiger partial charge in [-0.25, -0.2) is 19.4 Å². The van der Waals surface area contributed by atoms with Gasteiger partial charge in [-0.3, -0.25) is 0 Å². The Kier molecular flexibility index (Phi) is 6.76. The number of carbonyl (C=O) groups excluding carboxylic acids is 3. The summed E-state index contributed by atoms with van der Waals surface area (Å²) in [6.45, 7) is 11.2. The highest BCUT2D eigenvalue weighted by atomic mass is 16.6. The molecule has 0 aliphatic carbocycles. The monoisotopic (exact) mass is 408 g/mol. The summed E-state index contributed by atoms with van der Waals surface area (Å²) >= 11 is 0. The molecule has 0 saturated carbocycles. The topological polar surface area (TPSA) is 85.4 Å². The SMILES string of the molecule is C1CCOC1.C=C[C@@]12CCCN1[C@@H](C)OC2=O.C[C@H]1OC(=O)[C@]2(C=O)CCCN12. The first kappa shape index (κ1) is 21.9. The summed E-state index contributed by atoms with van der Waals surface area (Å²) in [7, 11) is 0. The molecule has 162 valence electrons. The minimum absolute atomic E-state index is 0.0713. The van der Waals surface area contributed by atoms with Crippen molar-refractivity contribution >= 4 is 18.2 Å². The van der Waals surface area contributed by atoms with Gasteiger partial charge in [-0.15, -0.1) is 6.58 Å². The van der Waals surface area contributed by atoms with Crippen molar-refractivity contribution in [2.45, 2.75) is 75.9 Å². The van der Waals surface area contributed by atoms with Gasteiger partial charge >= 0.3 is 11.9 Å². The fourth-order valence-electron chi connectivity index (χ4n) is 4.80. The van der Waals surface area contributed by atoms with Crippen molar-refractivity contribution in [2.24, 2.45) is 0 Å². The second-order valence-corrected chi connectivity index (χ2v) is 8.09. The number of esters is 2. The molecule has 0 spiro atoms. The van der Waals surface area contributed by atoms with Crippen LogP contribution in [0.15, 0.2) is 12.7 Å². The maximum atomic E-state index is 11.5. The van der Waals surface area contributed by atoms with Crippen molar-refractivity contribution in [1.29, 1.82) is 0 Å². The molecule has 5 saturated heterocycles. The lowest BCUT2D eigenvalue weighted by atomic mass is 9.98. The van der Waals surface area contributed by atoms with E-state index in [-0.39, 0.29) is 24.4 Å². The molecule has 5 fully saturated rings. The average Bonchev–Trinajstić information content (AvgIpc) is 3.51. The first-order valence-corrected chi connectivity index (χ1v) is 10.5. The second kappa shape index (κ2) is 8.93. The molecule has 8 heteroatoms. The number of cyclic esters (lactones) is 2. The van der Waals surface area contributed by atoms with Crippen LogP contribution in [0, 0.1) is 0 Å². The fourth-order valence-corrected chi connectivity index (χ4v) is 4.80. The van der Waals surface area contributed by atoms with Gasteiger partial charge in [0.2, 0.25) is 0 Å². The first-order valence-electron chi connectivity index (χ1n) is 10.5. The van der Waals surface area contributed by atoms with Crippen LogP contribution in [0.1, 0.15) is 52.4 Å². The van der Waals surface area contributed by atoms with Crippen LogP contribution < -0.4 is 0 Å². The number of hydrogen-bond acceptors (Lipinski definition) is 8. The van der Waals surface area contributed by atoms with E-state index in [9.17, 15) is 14.4 Å². The minimum Gasteiger partial charge on any atom is -0.445 e. The molecule has 0 radical (unpaired) electrons. The van der Waals surface area contributed by atoms with Crippen LogP contribution in [0.3, 0.4) is 0 Å². The Morgan fingerprint density at radius 3 is 1.76 bits per heavy atom. The van der Waals surface area contributed by atoms with Crippen molar-refractivity contribution in [1.82, 2.24) is 9.80 Å². The number of hydrogen-bond donors (Lipinski definition) is 0. The van der Waals surface area contributed by atoms with Crippen LogP contribution in [0.2, 0.25) is 0 Å².